The number of anilines is 2. The molecule has 0 bridgehead atoms. The van der Waals surface area contributed by atoms with E-state index in [0.717, 1.165) is 16.1 Å². The van der Waals surface area contributed by atoms with Crippen LogP contribution in [0.4, 0.5) is 11.4 Å². The SMILES string of the molecule is CCOC(=O)c1ccc(NC(=O)[C@H](C)N(c2cccc(C)c2)S(C)(=O)=O)cc1Cl. The summed E-state index contributed by atoms with van der Waals surface area (Å²) in [5.41, 5.74) is 1.77. The predicted octanol–water partition coefficient (Wildman–Crippen LogP) is 3.62. The van der Waals surface area contributed by atoms with Gasteiger partial charge >= 0.3 is 5.97 Å². The minimum atomic E-state index is -3.72. The number of esters is 1. The normalized spacial score (nSPS) is 12.2. The van der Waals surface area contributed by atoms with Crippen molar-refractivity contribution in [3.05, 3.63) is 58.6 Å². The molecule has 0 heterocycles. The Morgan fingerprint density at radius 2 is 1.90 bits per heavy atom. The predicted molar refractivity (Wildman–Crippen MR) is 114 cm³/mol. The molecule has 9 heteroatoms. The highest BCUT2D eigenvalue weighted by atomic mass is 35.5. The molecule has 0 aliphatic rings. The van der Waals surface area contributed by atoms with Crippen LogP contribution in [-0.2, 0) is 19.6 Å². The molecular formula is C20H23ClN2O5S. The third-order valence-electron chi connectivity index (χ3n) is 4.08. The summed E-state index contributed by atoms with van der Waals surface area (Å²) >= 11 is 6.11. The topological polar surface area (TPSA) is 92.8 Å². The Labute approximate surface area is 175 Å². The molecule has 0 saturated heterocycles. The molecule has 156 valence electrons. The average molecular weight is 439 g/mol. The molecule has 1 amide bonds. The summed E-state index contributed by atoms with van der Waals surface area (Å²) in [6, 6.07) is 10.2. The number of rotatable bonds is 7. The van der Waals surface area contributed by atoms with Crippen LogP contribution < -0.4 is 9.62 Å². The minimum Gasteiger partial charge on any atom is -0.462 e. The summed E-state index contributed by atoms with van der Waals surface area (Å²) in [6.45, 7) is 5.23. The lowest BCUT2D eigenvalue weighted by atomic mass is 10.2. The molecule has 2 aromatic rings. The maximum absolute atomic E-state index is 12.7. The molecule has 0 saturated carbocycles. The van der Waals surface area contributed by atoms with Crippen LogP contribution in [0.15, 0.2) is 42.5 Å². The molecule has 2 rings (SSSR count). The maximum atomic E-state index is 12.7. The van der Waals surface area contributed by atoms with Crippen molar-refractivity contribution in [2.24, 2.45) is 0 Å². The molecular weight excluding hydrogens is 416 g/mol. The lowest BCUT2D eigenvalue weighted by Gasteiger charge is -2.28. The van der Waals surface area contributed by atoms with Gasteiger partial charge in [-0.15, -0.1) is 0 Å². The first-order chi connectivity index (χ1) is 13.5. The summed E-state index contributed by atoms with van der Waals surface area (Å²) in [7, 11) is -3.72. The van der Waals surface area contributed by atoms with Gasteiger partial charge < -0.3 is 10.1 Å². The van der Waals surface area contributed by atoms with Crippen LogP contribution in [0.3, 0.4) is 0 Å². The van der Waals surface area contributed by atoms with E-state index < -0.39 is 27.9 Å². The molecule has 7 nitrogen and oxygen atoms in total. The molecule has 1 N–H and O–H groups in total. The van der Waals surface area contributed by atoms with Crippen molar-refractivity contribution in [2.75, 3.05) is 22.5 Å². The van der Waals surface area contributed by atoms with E-state index in [0.29, 0.717) is 11.4 Å². The first kappa shape index (κ1) is 22.7. The zero-order valence-corrected chi connectivity index (χ0v) is 18.2. The quantitative estimate of drug-likeness (QED) is 0.666. The molecule has 0 radical (unpaired) electrons. The third-order valence-corrected chi connectivity index (χ3v) is 5.63. The summed E-state index contributed by atoms with van der Waals surface area (Å²) in [6.07, 6.45) is 1.05. The fraction of sp³-hybridized carbons (Fsp3) is 0.300. The summed E-state index contributed by atoms with van der Waals surface area (Å²) < 4.78 is 30.7. The Morgan fingerprint density at radius 3 is 2.45 bits per heavy atom. The first-order valence-corrected chi connectivity index (χ1v) is 11.1. The van der Waals surface area contributed by atoms with Crippen LogP contribution in [0.25, 0.3) is 0 Å². The molecule has 0 unspecified atom stereocenters. The molecule has 0 aliphatic carbocycles. The van der Waals surface area contributed by atoms with Crippen molar-refractivity contribution in [1.29, 1.82) is 0 Å². The first-order valence-electron chi connectivity index (χ1n) is 8.88. The largest absolute Gasteiger partial charge is 0.462 e. The van der Waals surface area contributed by atoms with E-state index in [9.17, 15) is 18.0 Å². The third kappa shape index (κ3) is 5.71. The van der Waals surface area contributed by atoms with E-state index in [1.807, 2.05) is 13.0 Å². The van der Waals surface area contributed by atoms with Crippen LogP contribution in [0.1, 0.15) is 29.8 Å². The summed E-state index contributed by atoms with van der Waals surface area (Å²) in [4.78, 5) is 24.6. The number of amides is 1. The fourth-order valence-corrected chi connectivity index (χ4v) is 4.21. The monoisotopic (exact) mass is 438 g/mol. The smallest absolute Gasteiger partial charge is 0.339 e. The number of carbonyl (C=O) groups is 2. The van der Waals surface area contributed by atoms with Gasteiger partial charge in [-0.2, -0.15) is 0 Å². The Balaban J connectivity index is 2.26. The highest BCUT2D eigenvalue weighted by Gasteiger charge is 2.29. The van der Waals surface area contributed by atoms with E-state index in [1.165, 1.54) is 25.1 Å². The average Bonchev–Trinajstić information content (AvgIpc) is 2.60. The van der Waals surface area contributed by atoms with Crippen molar-refractivity contribution in [2.45, 2.75) is 26.8 Å². The van der Waals surface area contributed by atoms with Gasteiger partial charge in [-0.05, 0) is 56.7 Å². The lowest BCUT2D eigenvalue weighted by molar-refractivity contribution is -0.116. The van der Waals surface area contributed by atoms with Gasteiger partial charge in [0.15, 0.2) is 0 Å². The molecule has 0 spiro atoms. The maximum Gasteiger partial charge on any atom is 0.339 e. The second-order valence-electron chi connectivity index (χ2n) is 6.48. The van der Waals surface area contributed by atoms with E-state index >= 15 is 0 Å². The van der Waals surface area contributed by atoms with Gasteiger partial charge in [-0.3, -0.25) is 9.10 Å². The molecule has 2 aromatic carbocycles. The van der Waals surface area contributed by atoms with E-state index in [-0.39, 0.29) is 17.2 Å². The van der Waals surface area contributed by atoms with Crippen LogP contribution in [0, 0.1) is 6.92 Å². The van der Waals surface area contributed by atoms with Crippen molar-refractivity contribution in [3.63, 3.8) is 0 Å². The Kier molecular flexibility index (Phi) is 7.26. The van der Waals surface area contributed by atoms with Gasteiger partial charge in [0, 0.05) is 5.69 Å². The number of ether oxygens (including phenoxy) is 1. The van der Waals surface area contributed by atoms with Gasteiger partial charge in [-0.1, -0.05) is 23.7 Å². The minimum absolute atomic E-state index is 0.118. The number of benzene rings is 2. The van der Waals surface area contributed by atoms with E-state index in [2.05, 4.69) is 5.32 Å². The van der Waals surface area contributed by atoms with Gasteiger partial charge in [0.05, 0.1) is 29.1 Å². The second kappa shape index (κ2) is 9.28. The summed E-state index contributed by atoms with van der Waals surface area (Å²) in [5, 5.41) is 2.75. The van der Waals surface area contributed by atoms with Crippen LogP contribution in [0.2, 0.25) is 5.02 Å². The zero-order valence-electron chi connectivity index (χ0n) is 16.6. The molecule has 0 aromatic heterocycles. The van der Waals surface area contributed by atoms with Gasteiger partial charge in [0.1, 0.15) is 6.04 Å². The number of sulfonamides is 1. The van der Waals surface area contributed by atoms with Crippen molar-refractivity contribution < 1.29 is 22.7 Å². The highest BCUT2D eigenvalue weighted by molar-refractivity contribution is 7.92. The van der Waals surface area contributed by atoms with Crippen molar-refractivity contribution >= 4 is 44.9 Å². The van der Waals surface area contributed by atoms with Crippen molar-refractivity contribution in [3.8, 4) is 0 Å². The van der Waals surface area contributed by atoms with E-state index in [1.54, 1.807) is 25.1 Å². The zero-order chi connectivity index (χ0) is 21.8. The van der Waals surface area contributed by atoms with Crippen molar-refractivity contribution in [1.82, 2.24) is 0 Å². The Bertz CT molecular complexity index is 1020. The van der Waals surface area contributed by atoms with Crippen LogP contribution in [-0.4, -0.2) is 39.2 Å². The van der Waals surface area contributed by atoms with Gasteiger partial charge in [-0.25, -0.2) is 13.2 Å². The number of nitrogens with one attached hydrogen (secondary N) is 1. The van der Waals surface area contributed by atoms with Crippen LogP contribution >= 0.6 is 11.6 Å². The fourth-order valence-electron chi connectivity index (χ4n) is 2.79. The van der Waals surface area contributed by atoms with Gasteiger partial charge in [0.2, 0.25) is 15.9 Å². The lowest BCUT2D eigenvalue weighted by Crippen LogP contribution is -2.45. The molecule has 0 fully saturated rings. The standard InChI is InChI=1S/C20H23ClN2O5S/c1-5-28-20(25)17-10-9-15(12-18(17)21)22-19(24)14(3)23(29(4,26)27)16-8-6-7-13(2)11-16/h6-12,14H,5H2,1-4H3,(H,22,24)/t14-/m0/s1. The Morgan fingerprint density at radius 1 is 1.21 bits per heavy atom. The molecule has 29 heavy (non-hydrogen) atoms. The number of nitrogens with zero attached hydrogens (tertiary/aromatic N) is 1. The van der Waals surface area contributed by atoms with Gasteiger partial charge in [0.25, 0.3) is 0 Å². The van der Waals surface area contributed by atoms with E-state index in [4.69, 9.17) is 16.3 Å². The second-order valence-corrected chi connectivity index (χ2v) is 8.74. The molecule has 1 atom stereocenters. The number of hydrogen-bond donors (Lipinski definition) is 1. The number of hydrogen-bond acceptors (Lipinski definition) is 5. The number of aryl methyl sites for hydroxylation is 1. The number of carbonyl (C=O) groups excluding carboxylic acids is 2. The molecule has 0 aliphatic heterocycles. The van der Waals surface area contributed by atoms with Crippen LogP contribution in [0.5, 0.6) is 0 Å². The summed E-state index contributed by atoms with van der Waals surface area (Å²) in [5.74, 6) is -1.11. The highest BCUT2D eigenvalue weighted by Crippen LogP contribution is 2.25. The number of halogens is 1. The Hall–Kier alpha value is -2.58.